The summed E-state index contributed by atoms with van der Waals surface area (Å²) < 4.78 is 4.94. The molecular weight excluding hydrogens is 256 g/mol. The zero-order valence-corrected chi connectivity index (χ0v) is 11.2. The molecule has 104 valence electrons. The minimum absolute atomic E-state index is 0.00974. The molecule has 0 radical (unpaired) electrons. The lowest BCUT2D eigenvalue weighted by molar-refractivity contribution is 0.0950. The fraction of sp³-hybridized carbons (Fsp3) is 0.200. The molecule has 2 aromatic rings. The molecule has 0 saturated carbocycles. The molecule has 0 unspecified atom stereocenters. The summed E-state index contributed by atoms with van der Waals surface area (Å²) in [4.78, 5) is 15.9. The number of nitrogens with one attached hydrogen (secondary N) is 1. The molecule has 0 bridgehead atoms. The number of aliphatic hydroxyl groups excluding tert-OH is 1. The van der Waals surface area contributed by atoms with Crippen molar-refractivity contribution in [3.05, 3.63) is 59.3 Å². The highest BCUT2D eigenvalue weighted by Gasteiger charge is 2.06. The second-order valence-corrected chi connectivity index (χ2v) is 4.25. The molecule has 1 heterocycles. The Labute approximate surface area is 117 Å². The van der Waals surface area contributed by atoms with Gasteiger partial charge in [0.1, 0.15) is 0 Å². The molecule has 0 fully saturated rings. The average molecular weight is 272 g/mol. The summed E-state index contributed by atoms with van der Waals surface area (Å²) >= 11 is 0. The van der Waals surface area contributed by atoms with Crippen LogP contribution in [-0.2, 0) is 13.2 Å². The minimum atomic E-state index is -0.199. The number of hydrogen-bond acceptors (Lipinski definition) is 4. The smallest absolute Gasteiger partial charge is 0.253 e. The summed E-state index contributed by atoms with van der Waals surface area (Å²) in [6, 6.07) is 10.7. The number of ether oxygens (including phenoxy) is 1. The molecular formula is C15H16N2O3. The molecule has 5 nitrogen and oxygen atoms in total. The molecule has 0 aliphatic carbocycles. The Morgan fingerprint density at radius 3 is 2.75 bits per heavy atom. The lowest BCUT2D eigenvalue weighted by atomic mass is 10.1. The van der Waals surface area contributed by atoms with E-state index in [-0.39, 0.29) is 12.5 Å². The monoisotopic (exact) mass is 272 g/mol. The Morgan fingerprint density at radius 1 is 1.30 bits per heavy atom. The molecule has 1 amide bonds. The Balaban J connectivity index is 1.97. The van der Waals surface area contributed by atoms with Gasteiger partial charge in [0.2, 0.25) is 5.88 Å². The van der Waals surface area contributed by atoms with Crippen molar-refractivity contribution in [1.29, 1.82) is 0 Å². The van der Waals surface area contributed by atoms with Crippen LogP contribution in [0, 0.1) is 0 Å². The number of pyridine rings is 1. The first-order valence-corrected chi connectivity index (χ1v) is 6.20. The van der Waals surface area contributed by atoms with Gasteiger partial charge in [-0.25, -0.2) is 4.98 Å². The molecule has 0 aliphatic heterocycles. The first-order chi connectivity index (χ1) is 9.72. The van der Waals surface area contributed by atoms with Gasteiger partial charge in [-0.15, -0.1) is 0 Å². The van der Waals surface area contributed by atoms with Gasteiger partial charge >= 0.3 is 0 Å². The standard InChI is InChI=1S/C15H16N2O3/c1-20-14-6-5-13(9-16-14)15(19)17-8-11-3-2-4-12(7-11)10-18/h2-7,9,18H,8,10H2,1H3,(H,17,19). The predicted molar refractivity (Wildman–Crippen MR) is 74.3 cm³/mol. The molecule has 20 heavy (non-hydrogen) atoms. The zero-order valence-electron chi connectivity index (χ0n) is 11.2. The fourth-order valence-electron chi connectivity index (χ4n) is 1.76. The van der Waals surface area contributed by atoms with Gasteiger partial charge in [-0.3, -0.25) is 4.79 Å². The number of carbonyl (C=O) groups is 1. The number of aromatic nitrogens is 1. The number of aliphatic hydroxyl groups is 1. The van der Waals surface area contributed by atoms with E-state index >= 15 is 0 Å². The number of amides is 1. The highest BCUT2D eigenvalue weighted by Crippen LogP contribution is 2.08. The third-order valence-electron chi connectivity index (χ3n) is 2.83. The van der Waals surface area contributed by atoms with Crippen LogP contribution in [0.1, 0.15) is 21.5 Å². The molecule has 2 N–H and O–H groups in total. The Morgan fingerprint density at radius 2 is 2.10 bits per heavy atom. The van der Waals surface area contributed by atoms with Crippen molar-refractivity contribution in [2.75, 3.05) is 7.11 Å². The molecule has 1 aromatic carbocycles. The number of carbonyl (C=O) groups excluding carboxylic acids is 1. The third kappa shape index (κ3) is 3.55. The van der Waals surface area contributed by atoms with Crippen molar-refractivity contribution >= 4 is 5.91 Å². The molecule has 1 aromatic heterocycles. The summed E-state index contributed by atoms with van der Waals surface area (Å²) in [5.41, 5.74) is 2.23. The summed E-state index contributed by atoms with van der Waals surface area (Å²) in [5, 5.41) is 11.9. The highest BCUT2D eigenvalue weighted by molar-refractivity contribution is 5.93. The molecule has 0 saturated heterocycles. The number of nitrogens with zero attached hydrogens (tertiary/aromatic N) is 1. The van der Waals surface area contributed by atoms with Crippen LogP contribution in [0.15, 0.2) is 42.6 Å². The van der Waals surface area contributed by atoms with Gasteiger partial charge in [-0.2, -0.15) is 0 Å². The van der Waals surface area contributed by atoms with Gasteiger partial charge in [-0.05, 0) is 17.2 Å². The van der Waals surface area contributed by atoms with Crippen LogP contribution in [-0.4, -0.2) is 23.1 Å². The van der Waals surface area contributed by atoms with Crippen molar-refractivity contribution < 1.29 is 14.6 Å². The van der Waals surface area contributed by atoms with E-state index in [0.29, 0.717) is 18.0 Å². The fourth-order valence-corrected chi connectivity index (χ4v) is 1.76. The summed E-state index contributed by atoms with van der Waals surface area (Å²) in [5.74, 6) is 0.270. The van der Waals surface area contributed by atoms with E-state index in [1.807, 2.05) is 24.3 Å². The molecule has 5 heteroatoms. The maximum absolute atomic E-state index is 11.9. The van der Waals surface area contributed by atoms with E-state index in [1.165, 1.54) is 13.3 Å². The summed E-state index contributed by atoms with van der Waals surface area (Å²) in [6.45, 7) is 0.392. The molecule has 2 rings (SSSR count). The van der Waals surface area contributed by atoms with Crippen LogP contribution in [0.2, 0.25) is 0 Å². The second kappa shape index (κ2) is 6.68. The van der Waals surface area contributed by atoms with Crippen LogP contribution in [0.25, 0.3) is 0 Å². The maximum atomic E-state index is 11.9. The molecule has 0 aliphatic rings. The van der Waals surface area contributed by atoms with Gasteiger partial charge in [0.05, 0.1) is 19.3 Å². The number of methoxy groups -OCH3 is 1. The first kappa shape index (κ1) is 14.0. The largest absolute Gasteiger partial charge is 0.481 e. The lowest BCUT2D eigenvalue weighted by Crippen LogP contribution is -2.22. The minimum Gasteiger partial charge on any atom is -0.481 e. The summed E-state index contributed by atoms with van der Waals surface area (Å²) in [7, 11) is 1.52. The predicted octanol–water partition coefficient (Wildman–Crippen LogP) is 1.51. The first-order valence-electron chi connectivity index (χ1n) is 6.20. The van der Waals surface area contributed by atoms with Crippen molar-refractivity contribution in [1.82, 2.24) is 10.3 Å². The van der Waals surface area contributed by atoms with Crippen molar-refractivity contribution in [2.45, 2.75) is 13.2 Å². The van der Waals surface area contributed by atoms with Gasteiger partial charge < -0.3 is 15.2 Å². The van der Waals surface area contributed by atoms with E-state index in [4.69, 9.17) is 9.84 Å². The Bertz CT molecular complexity index is 582. The van der Waals surface area contributed by atoms with E-state index < -0.39 is 0 Å². The third-order valence-corrected chi connectivity index (χ3v) is 2.83. The summed E-state index contributed by atoms with van der Waals surface area (Å²) in [6.07, 6.45) is 1.47. The van der Waals surface area contributed by atoms with Crippen molar-refractivity contribution in [3.8, 4) is 5.88 Å². The zero-order chi connectivity index (χ0) is 14.4. The van der Waals surface area contributed by atoms with Crippen LogP contribution >= 0.6 is 0 Å². The SMILES string of the molecule is COc1ccc(C(=O)NCc2cccc(CO)c2)cn1. The molecule has 0 atom stereocenters. The quantitative estimate of drug-likeness (QED) is 0.865. The lowest BCUT2D eigenvalue weighted by Gasteiger charge is -2.07. The highest BCUT2D eigenvalue weighted by atomic mass is 16.5. The normalized spacial score (nSPS) is 10.1. The number of benzene rings is 1. The second-order valence-electron chi connectivity index (χ2n) is 4.25. The molecule has 0 spiro atoms. The Kier molecular flexibility index (Phi) is 4.68. The van der Waals surface area contributed by atoms with Crippen LogP contribution < -0.4 is 10.1 Å². The van der Waals surface area contributed by atoms with E-state index in [1.54, 1.807) is 12.1 Å². The van der Waals surface area contributed by atoms with E-state index in [2.05, 4.69) is 10.3 Å². The average Bonchev–Trinajstić information content (AvgIpc) is 2.53. The van der Waals surface area contributed by atoms with Crippen LogP contribution in [0.3, 0.4) is 0 Å². The van der Waals surface area contributed by atoms with Crippen LogP contribution in [0.5, 0.6) is 5.88 Å². The van der Waals surface area contributed by atoms with E-state index in [9.17, 15) is 4.79 Å². The number of hydrogen-bond donors (Lipinski definition) is 2. The van der Waals surface area contributed by atoms with Gasteiger partial charge in [0, 0.05) is 18.8 Å². The van der Waals surface area contributed by atoms with Crippen molar-refractivity contribution in [3.63, 3.8) is 0 Å². The van der Waals surface area contributed by atoms with Crippen LogP contribution in [0.4, 0.5) is 0 Å². The van der Waals surface area contributed by atoms with E-state index in [0.717, 1.165) is 11.1 Å². The van der Waals surface area contributed by atoms with Gasteiger partial charge in [-0.1, -0.05) is 24.3 Å². The number of rotatable bonds is 5. The Hall–Kier alpha value is -2.40. The topological polar surface area (TPSA) is 71.5 Å². The van der Waals surface area contributed by atoms with Gasteiger partial charge in [0.15, 0.2) is 0 Å². The van der Waals surface area contributed by atoms with Crippen molar-refractivity contribution in [2.24, 2.45) is 0 Å². The van der Waals surface area contributed by atoms with Gasteiger partial charge in [0.25, 0.3) is 5.91 Å². The maximum Gasteiger partial charge on any atom is 0.253 e.